The summed E-state index contributed by atoms with van der Waals surface area (Å²) in [4.78, 5) is 11.9. The molecule has 2 N–H and O–H groups in total. The lowest BCUT2D eigenvalue weighted by Gasteiger charge is -2.11. The lowest BCUT2D eigenvalue weighted by Crippen LogP contribution is -2.20. The van der Waals surface area contributed by atoms with Crippen LogP contribution in [0.2, 0.25) is 0 Å². The fraction of sp³-hybridized carbons (Fsp3) is 0.375. The Bertz CT molecular complexity index is 595. The van der Waals surface area contributed by atoms with Crippen LogP contribution in [0.3, 0.4) is 0 Å². The third-order valence-electron chi connectivity index (χ3n) is 3.16. The maximum atomic E-state index is 11.9. The van der Waals surface area contributed by atoms with E-state index in [1.807, 2.05) is 62.0 Å². The first-order valence-corrected chi connectivity index (χ1v) is 7.21. The fourth-order valence-corrected chi connectivity index (χ4v) is 2.08. The highest BCUT2D eigenvalue weighted by molar-refractivity contribution is 5.90. The maximum absolute atomic E-state index is 11.9. The fourth-order valence-electron chi connectivity index (χ4n) is 2.08. The van der Waals surface area contributed by atoms with Crippen molar-refractivity contribution in [3.8, 4) is 11.3 Å². The number of hydrogen-bond acceptors (Lipinski definition) is 3. The minimum atomic E-state index is -0.00855. The van der Waals surface area contributed by atoms with Crippen molar-refractivity contribution in [2.75, 3.05) is 18.9 Å². The van der Waals surface area contributed by atoms with Crippen LogP contribution in [-0.4, -0.2) is 29.3 Å². The molecule has 120 valence electrons. The van der Waals surface area contributed by atoms with E-state index in [0.29, 0.717) is 13.0 Å². The Morgan fingerprint density at radius 1 is 1.27 bits per heavy atom. The normalized spacial score (nSPS) is 10.4. The first kappa shape index (κ1) is 18.2. The van der Waals surface area contributed by atoms with Crippen LogP contribution >= 0.6 is 12.4 Å². The molecule has 0 saturated carbocycles. The molecule has 1 amide bonds. The summed E-state index contributed by atoms with van der Waals surface area (Å²) in [5.41, 5.74) is 1.91. The van der Waals surface area contributed by atoms with Crippen LogP contribution in [0.5, 0.6) is 0 Å². The zero-order chi connectivity index (χ0) is 15.2. The zero-order valence-electron chi connectivity index (χ0n) is 13.2. The molecule has 0 saturated heterocycles. The number of benzene rings is 1. The average molecular weight is 323 g/mol. The summed E-state index contributed by atoms with van der Waals surface area (Å²) in [5, 5.41) is 10.5. The van der Waals surface area contributed by atoms with E-state index >= 15 is 0 Å². The molecule has 0 aliphatic rings. The van der Waals surface area contributed by atoms with Gasteiger partial charge in [0.25, 0.3) is 0 Å². The Labute approximate surface area is 137 Å². The van der Waals surface area contributed by atoms with Crippen molar-refractivity contribution in [3.05, 3.63) is 36.4 Å². The van der Waals surface area contributed by atoms with Crippen LogP contribution in [0.15, 0.2) is 36.4 Å². The molecule has 0 bridgehead atoms. The molecule has 2 aromatic rings. The highest BCUT2D eigenvalue weighted by Gasteiger charge is 2.13. The molecule has 5 nitrogen and oxygen atoms in total. The van der Waals surface area contributed by atoms with E-state index in [1.165, 1.54) is 0 Å². The molecule has 1 aromatic heterocycles. The molecule has 1 aromatic carbocycles. The molecule has 1 heterocycles. The van der Waals surface area contributed by atoms with E-state index in [-0.39, 0.29) is 24.4 Å². The summed E-state index contributed by atoms with van der Waals surface area (Å²) >= 11 is 0. The second-order valence-electron chi connectivity index (χ2n) is 5.22. The number of halogens is 1. The lowest BCUT2D eigenvalue weighted by atomic mass is 10.1. The number of rotatable bonds is 6. The largest absolute Gasteiger partial charge is 0.319 e. The van der Waals surface area contributed by atoms with Gasteiger partial charge in [-0.1, -0.05) is 30.3 Å². The summed E-state index contributed by atoms with van der Waals surface area (Å²) < 4.78 is 1.85. The van der Waals surface area contributed by atoms with Crippen molar-refractivity contribution in [2.24, 2.45) is 0 Å². The number of nitrogens with one attached hydrogen (secondary N) is 2. The summed E-state index contributed by atoms with van der Waals surface area (Å²) in [6, 6.07) is 12.1. The summed E-state index contributed by atoms with van der Waals surface area (Å²) in [5.74, 6) is 0.732. The Morgan fingerprint density at radius 3 is 2.55 bits per heavy atom. The first-order chi connectivity index (χ1) is 10.1. The number of amides is 1. The quantitative estimate of drug-likeness (QED) is 0.859. The number of nitrogens with zero attached hydrogens (tertiary/aromatic N) is 2. The van der Waals surface area contributed by atoms with E-state index in [4.69, 9.17) is 0 Å². The van der Waals surface area contributed by atoms with Crippen molar-refractivity contribution >= 4 is 24.1 Å². The van der Waals surface area contributed by atoms with E-state index < -0.39 is 0 Å². The summed E-state index contributed by atoms with van der Waals surface area (Å²) in [7, 11) is 1.83. The van der Waals surface area contributed by atoms with Gasteiger partial charge in [0, 0.05) is 30.6 Å². The van der Waals surface area contributed by atoms with Gasteiger partial charge in [0.15, 0.2) is 0 Å². The highest BCUT2D eigenvalue weighted by atomic mass is 35.5. The lowest BCUT2D eigenvalue weighted by molar-refractivity contribution is -0.116. The van der Waals surface area contributed by atoms with Crippen LogP contribution < -0.4 is 10.6 Å². The van der Waals surface area contributed by atoms with Gasteiger partial charge >= 0.3 is 0 Å². The number of hydrogen-bond donors (Lipinski definition) is 2. The van der Waals surface area contributed by atoms with Crippen molar-refractivity contribution in [1.82, 2.24) is 15.1 Å². The number of carbonyl (C=O) groups excluding carboxylic acids is 1. The molecular formula is C16H23ClN4O. The Hall–Kier alpha value is -1.85. The second kappa shape index (κ2) is 8.56. The molecule has 0 radical (unpaired) electrons. The van der Waals surface area contributed by atoms with Crippen LogP contribution in [0, 0.1) is 0 Å². The van der Waals surface area contributed by atoms with Gasteiger partial charge in [-0.25, -0.2) is 4.68 Å². The van der Waals surface area contributed by atoms with Gasteiger partial charge in [-0.15, -0.1) is 12.4 Å². The van der Waals surface area contributed by atoms with Gasteiger partial charge in [0.1, 0.15) is 5.82 Å². The summed E-state index contributed by atoms with van der Waals surface area (Å²) in [6.45, 7) is 4.75. The predicted octanol–water partition coefficient (Wildman–Crippen LogP) is 3.10. The van der Waals surface area contributed by atoms with Crippen molar-refractivity contribution in [2.45, 2.75) is 26.3 Å². The number of anilines is 1. The van der Waals surface area contributed by atoms with Crippen LogP contribution in [0.25, 0.3) is 11.3 Å². The molecule has 0 unspecified atom stereocenters. The first-order valence-electron chi connectivity index (χ1n) is 7.21. The predicted molar refractivity (Wildman–Crippen MR) is 92.5 cm³/mol. The SMILES string of the molecule is CNCCC(=O)Nc1cc(-c2ccccc2)nn1C(C)C.Cl. The highest BCUT2D eigenvalue weighted by Crippen LogP contribution is 2.24. The van der Waals surface area contributed by atoms with Crippen LogP contribution in [0.4, 0.5) is 5.82 Å². The Kier molecular flexibility index (Phi) is 7.08. The van der Waals surface area contributed by atoms with Crippen molar-refractivity contribution in [3.63, 3.8) is 0 Å². The van der Waals surface area contributed by atoms with E-state index in [2.05, 4.69) is 15.7 Å². The molecule has 0 fully saturated rings. The molecule has 0 aliphatic carbocycles. The van der Waals surface area contributed by atoms with Gasteiger partial charge in [-0.05, 0) is 20.9 Å². The smallest absolute Gasteiger partial charge is 0.226 e. The van der Waals surface area contributed by atoms with Gasteiger partial charge in [0.05, 0.1) is 5.69 Å². The van der Waals surface area contributed by atoms with Crippen LogP contribution in [-0.2, 0) is 4.79 Å². The average Bonchev–Trinajstić information content (AvgIpc) is 2.90. The van der Waals surface area contributed by atoms with Gasteiger partial charge in [-0.2, -0.15) is 5.10 Å². The van der Waals surface area contributed by atoms with Gasteiger partial charge in [-0.3, -0.25) is 4.79 Å². The minimum Gasteiger partial charge on any atom is -0.319 e. The van der Waals surface area contributed by atoms with Crippen molar-refractivity contribution < 1.29 is 4.79 Å². The Morgan fingerprint density at radius 2 is 1.95 bits per heavy atom. The van der Waals surface area contributed by atoms with E-state index in [9.17, 15) is 4.79 Å². The third-order valence-corrected chi connectivity index (χ3v) is 3.16. The number of aromatic nitrogens is 2. The third kappa shape index (κ3) is 4.58. The van der Waals surface area contributed by atoms with Gasteiger partial charge < -0.3 is 10.6 Å². The molecular weight excluding hydrogens is 300 g/mol. The van der Waals surface area contributed by atoms with Gasteiger partial charge in [0.2, 0.25) is 5.91 Å². The van der Waals surface area contributed by atoms with E-state index in [0.717, 1.165) is 17.1 Å². The van der Waals surface area contributed by atoms with E-state index in [1.54, 1.807) is 0 Å². The molecule has 0 aliphatic heterocycles. The monoisotopic (exact) mass is 322 g/mol. The molecule has 0 spiro atoms. The Balaban J connectivity index is 0.00000242. The zero-order valence-corrected chi connectivity index (χ0v) is 14.0. The molecule has 22 heavy (non-hydrogen) atoms. The minimum absolute atomic E-state index is 0. The summed E-state index contributed by atoms with van der Waals surface area (Å²) in [6.07, 6.45) is 0.445. The number of carbonyl (C=O) groups is 1. The standard InChI is InChI=1S/C16H22N4O.ClH/c1-12(2)20-15(18-16(21)9-10-17-3)11-14(19-20)13-7-5-4-6-8-13;/h4-8,11-12,17H,9-10H2,1-3H3,(H,18,21);1H. The molecule has 2 rings (SSSR count). The topological polar surface area (TPSA) is 59.0 Å². The maximum Gasteiger partial charge on any atom is 0.226 e. The van der Waals surface area contributed by atoms with Crippen LogP contribution in [0.1, 0.15) is 26.3 Å². The van der Waals surface area contributed by atoms with Crippen molar-refractivity contribution in [1.29, 1.82) is 0 Å². The molecule has 0 atom stereocenters. The molecule has 6 heteroatoms. The second-order valence-corrected chi connectivity index (χ2v) is 5.22.